The fourth-order valence-corrected chi connectivity index (χ4v) is 6.09. The summed E-state index contributed by atoms with van der Waals surface area (Å²) in [6.07, 6.45) is 2.84. The number of aromatic amines is 1. The van der Waals surface area contributed by atoms with Gasteiger partial charge in [-0.25, -0.2) is 22.5 Å². The first-order valence-corrected chi connectivity index (χ1v) is 12.0. The third kappa shape index (κ3) is 4.03. The highest BCUT2D eigenvalue weighted by molar-refractivity contribution is 5.83. The van der Waals surface area contributed by atoms with Crippen molar-refractivity contribution in [1.29, 1.82) is 0 Å². The summed E-state index contributed by atoms with van der Waals surface area (Å²) in [6.45, 7) is 2.04. The first-order chi connectivity index (χ1) is 17.1. The van der Waals surface area contributed by atoms with E-state index in [-0.39, 0.29) is 16.5 Å². The Morgan fingerprint density at radius 2 is 1.75 bits per heavy atom. The maximum absolute atomic E-state index is 14.4. The first-order valence-electron chi connectivity index (χ1n) is 12.0. The van der Waals surface area contributed by atoms with Crippen molar-refractivity contribution in [2.45, 2.75) is 50.7 Å². The van der Waals surface area contributed by atoms with Crippen LogP contribution >= 0.6 is 0 Å². The van der Waals surface area contributed by atoms with Gasteiger partial charge in [-0.1, -0.05) is 6.07 Å². The Hall–Kier alpha value is -3.40. The molecule has 3 aromatic rings. The summed E-state index contributed by atoms with van der Waals surface area (Å²) in [5.74, 6) is -2.82. The van der Waals surface area contributed by atoms with Crippen LogP contribution in [-0.4, -0.2) is 40.0 Å². The van der Waals surface area contributed by atoms with Crippen LogP contribution in [0.4, 0.5) is 13.2 Å². The second-order valence-electron chi connectivity index (χ2n) is 10.1. The quantitative estimate of drug-likeness (QED) is 0.562. The number of nitrogens with one attached hydrogen (secondary N) is 2. The number of carbonyl (C=O) groups is 1. The molecule has 0 radical (unpaired) electrons. The minimum absolute atomic E-state index is 0.0423. The number of hydrogen-bond acceptors (Lipinski definition) is 4. The van der Waals surface area contributed by atoms with Gasteiger partial charge in [-0.05, 0) is 63.9 Å². The predicted octanol–water partition coefficient (Wildman–Crippen LogP) is 3.40. The van der Waals surface area contributed by atoms with Crippen LogP contribution in [-0.2, 0) is 4.79 Å². The van der Waals surface area contributed by atoms with Gasteiger partial charge in [0.15, 0.2) is 0 Å². The van der Waals surface area contributed by atoms with Gasteiger partial charge in [0, 0.05) is 29.6 Å². The highest BCUT2D eigenvalue weighted by Crippen LogP contribution is 2.50. The lowest BCUT2D eigenvalue weighted by Crippen LogP contribution is -2.61. The van der Waals surface area contributed by atoms with Crippen LogP contribution in [0.25, 0.3) is 10.9 Å². The van der Waals surface area contributed by atoms with E-state index in [4.69, 9.17) is 0 Å². The molecule has 1 saturated carbocycles. The van der Waals surface area contributed by atoms with Crippen LogP contribution in [0.15, 0.2) is 46.0 Å². The number of hydrogen-bond donors (Lipinski definition) is 2. The van der Waals surface area contributed by atoms with Crippen LogP contribution in [0.1, 0.15) is 50.3 Å². The molecule has 2 N–H and O–H groups in total. The highest BCUT2D eigenvalue weighted by Gasteiger charge is 2.52. The second-order valence-corrected chi connectivity index (χ2v) is 10.1. The molecular weight excluding hydrogens is 473 g/mol. The molecule has 6 rings (SSSR count). The van der Waals surface area contributed by atoms with Crippen LogP contribution in [0, 0.1) is 22.9 Å². The van der Waals surface area contributed by atoms with Gasteiger partial charge in [0.05, 0.1) is 16.9 Å². The molecular formula is C26H27F3N4O3. The lowest BCUT2D eigenvalue weighted by atomic mass is 9.63. The third-order valence-electron chi connectivity index (χ3n) is 7.90. The Balaban J connectivity index is 1.63. The lowest BCUT2D eigenvalue weighted by Gasteiger charge is -2.54. The van der Waals surface area contributed by atoms with Crippen molar-refractivity contribution in [2.24, 2.45) is 5.41 Å². The normalized spacial score (nSPS) is 23.5. The van der Waals surface area contributed by atoms with Crippen molar-refractivity contribution in [1.82, 2.24) is 19.8 Å². The molecule has 190 valence electrons. The molecule has 2 aromatic carbocycles. The van der Waals surface area contributed by atoms with Crippen LogP contribution in [0.3, 0.4) is 0 Å². The number of aromatic nitrogens is 2. The molecule has 10 heteroatoms. The fraction of sp³-hybridized carbons (Fsp3) is 0.423. The third-order valence-corrected chi connectivity index (χ3v) is 7.90. The van der Waals surface area contributed by atoms with E-state index in [2.05, 4.69) is 15.2 Å². The van der Waals surface area contributed by atoms with E-state index in [0.29, 0.717) is 25.4 Å². The van der Waals surface area contributed by atoms with Crippen molar-refractivity contribution in [3.05, 3.63) is 80.3 Å². The molecule has 2 bridgehead atoms. The van der Waals surface area contributed by atoms with Crippen molar-refractivity contribution in [3.63, 3.8) is 0 Å². The number of benzene rings is 2. The first kappa shape index (κ1) is 24.3. The average Bonchev–Trinajstić information content (AvgIpc) is 2.82. The number of piperidine rings is 2. The summed E-state index contributed by atoms with van der Waals surface area (Å²) in [6, 6.07) is 4.87. The van der Waals surface area contributed by atoms with Crippen molar-refractivity contribution < 1.29 is 18.0 Å². The van der Waals surface area contributed by atoms with Gasteiger partial charge in [0.1, 0.15) is 23.5 Å². The minimum atomic E-state index is -1.21. The zero-order chi connectivity index (χ0) is 25.8. The summed E-state index contributed by atoms with van der Waals surface area (Å²) in [5, 5.41) is 2.71. The van der Waals surface area contributed by atoms with E-state index >= 15 is 0 Å². The monoisotopic (exact) mass is 500 g/mol. The number of nitrogens with zero attached hydrogens (tertiary/aromatic N) is 2. The van der Waals surface area contributed by atoms with Crippen molar-refractivity contribution in [3.8, 4) is 0 Å². The van der Waals surface area contributed by atoms with Crippen molar-refractivity contribution in [2.75, 3.05) is 13.6 Å². The largest absolute Gasteiger partial charge is 0.348 e. The molecule has 7 nitrogen and oxygen atoms in total. The number of rotatable bonds is 5. The van der Waals surface area contributed by atoms with Gasteiger partial charge >= 0.3 is 5.69 Å². The SMILES string of the molecule is C[C@H](NC(=O)[C@H](n1c(=O)[nH]c2ccc(F)cc2c1=O)C12CCC(CC1)N(C)C2)c1ccc(F)cc1F. The smallest absolute Gasteiger partial charge is 0.329 e. The molecule has 1 aromatic heterocycles. The van der Waals surface area contributed by atoms with Gasteiger partial charge in [-0.2, -0.15) is 0 Å². The van der Waals surface area contributed by atoms with Gasteiger partial charge in [0.25, 0.3) is 5.56 Å². The molecule has 2 saturated heterocycles. The highest BCUT2D eigenvalue weighted by atomic mass is 19.1. The minimum Gasteiger partial charge on any atom is -0.348 e. The van der Waals surface area contributed by atoms with Crippen LogP contribution < -0.4 is 16.6 Å². The summed E-state index contributed by atoms with van der Waals surface area (Å²) in [4.78, 5) is 45.5. The number of H-pyrrole nitrogens is 1. The van der Waals surface area contributed by atoms with E-state index in [1.807, 2.05) is 7.05 Å². The Labute approximate surface area is 204 Å². The molecule has 1 amide bonds. The van der Waals surface area contributed by atoms with E-state index in [1.165, 1.54) is 12.1 Å². The Morgan fingerprint density at radius 1 is 1.08 bits per heavy atom. The zero-order valence-corrected chi connectivity index (χ0v) is 20.0. The fourth-order valence-electron chi connectivity index (χ4n) is 6.09. The number of carbonyl (C=O) groups excluding carboxylic acids is 1. The van der Waals surface area contributed by atoms with E-state index in [0.717, 1.165) is 41.7 Å². The maximum Gasteiger partial charge on any atom is 0.329 e. The molecule has 0 spiro atoms. The number of fused-ring (bicyclic) bond motifs is 4. The lowest BCUT2D eigenvalue weighted by molar-refractivity contribution is -0.135. The summed E-state index contributed by atoms with van der Waals surface area (Å²) in [7, 11) is 1.95. The molecule has 0 unspecified atom stereocenters. The number of amides is 1. The standard InChI is InChI=1S/C26H27F3N4O3/c1-14(18-5-3-16(28)12-20(18)29)30-23(34)22(26-9-7-17(8-10-26)32(2)13-26)33-24(35)19-11-15(27)4-6-21(19)31-25(33)36/h3-6,11-12,14,17,22H,7-10,13H2,1-2H3,(H,30,34)(H,31,36)/t14-,17?,22-,26?/m0/s1. The maximum atomic E-state index is 14.4. The molecule has 36 heavy (non-hydrogen) atoms. The summed E-state index contributed by atoms with van der Waals surface area (Å²) >= 11 is 0. The summed E-state index contributed by atoms with van der Waals surface area (Å²) < 4.78 is 42.7. The van der Waals surface area contributed by atoms with E-state index in [9.17, 15) is 27.6 Å². The van der Waals surface area contributed by atoms with Crippen LogP contribution in [0.5, 0.6) is 0 Å². The molecule has 1 aliphatic carbocycles. The van der Waals surface area contributed by atoms with Gasteiger partial charge in [-0.15, -0.1) is 0 Å². The van der Waals surface area contributed by atoms with Gasteiger partial charge in [-0.3, -0.25) is 9.59 Å². The molecule has 3 fully saturated rings. The van der Waals surface area contributed by atoms with E-state index in [1.54, 1.807) is 6.92 Å². The summed E-state index contributed by atoms with van der Waals surface area (Å²) in [5.41, 5.74) is -2.02. The number of halogens is 3. The Morgan fingerprint density at radius 3 is 2.42 bits per heavy atom. The Bertz CT molecular complexity index is 1460. The topological polar surface area (TPSA) is 87.2 Å². The second kappa shape index (κ2) is 8.92. The van der Waals surface area contributed by atoms with Crippen molar-refractivity contribution >= 4 is 16.8 Å². The Kier molecular flexibility index (Phi) is 6.02. The molecule has 3 heterocycles. The van der Waals surface area contributed by atoms with E-state index < -0.39 is 52.1 Å². The molecule has 2 aliphatic heterocycles. The van der Waals surface area contributed by atoms with Crippen LogP contribution in [0.2, 0.25) is 0 Å². The predicted molar refractivity (Wildman–Crippen MR) is 128 cm³/mol. The average molecular weight is 501 g/mol. The van der Waals surface area contributed by atoms with Gasteiger partial charge in [0.2, 0.25) is 5.91 Å². The zero-order valence-electron chi connectivity index (χ0n) is 20.0. The van der Waals surface area contributed by atoms with Gasteiger partial charge < -0.3 is 15.2 Å². The molecule has 2 atom stereocenters. The molecule has 3 aliphatic rings.